The van der Waals surface area contributed by atoms with E-state index in [0.717, 1.165) is 43.6 Å². The lowest BCUT2D eigenvalue weighted by Gasteiger charge is -2.47. The summed E-state index contributed by atoms with van der Waals surface area (Å²) < 4.78 is 43.4. The highest BCUT2D eigenvalue weighted by Gasteiger charge is 2.47. The molecule has 0 spiro atoms. The van der Waals surface area contributed by atoms with Crippen LogP contribution in [0, 0.1) is 40.7 Å². The minimum Gasteiger partial charge on any atom is -0.481 e. The molecule has 0 saturated heterocycles. The topological polar surface area (TPSA) is 303 Å². The van der Waals surface area contributed by atoms with E-state index in [-0.39, 0.29) is 49.5 Å². The van der Waals surface area contributed by atoms with Gasteiger partial charge in [0.1, 0.15) is 29.6 Å². The fourth-order valence-electron chi connectivity index (χ4n) is 9.84. The first-order chi connectivity index (χ1) is 36.0. The van der Waals surface area contributed by atoms with Crippen LogP contribution in [0.5, 0.6) is 0 Å². The second kappa shape index (κ2) is 25.9. The number of nitrogens with two attached hydrogens (primary N) is 1. The molecule has 3 heterocycles. The molecule has 3 aliphatic carbocycles. The molecule has 76 heavy (non-hydrogen) atoms. The van der Waals surface area contributed by atoms with Crippen LogP contribution in [0.15, 0.2) is 48.9 Å². The number of pyridine rings is 1. The van der Waals surface area contributed by atoms with Crippen LogP contribution in [0.1, 0.15) is 105 Å². The summed E-state index contributed by atoms with van der Waals surface area (Å²) in [4.78, 5) is 91.7. The van der Waals surface area contributed by atoms with Gasteiger partial charge in [0.05, 0.1) is 37.1 Å². The smallest absolute Gasteiger partial charge is 0.303 e. The van der Waals surface area contributed by atoms with Gasteiger partial charge in [-0.15, -0.1) is 0 Å². The zero-order valence-corrected chi connectivity index (χ0v) is 44.2. The lowest BCUT2D eigenvalue weighted by molar-refractivity contribution is -0.140. The van der Waals surface area contributed by atoms with Gasteiger partial charge in [-0.3, -0.25) is 34.0 Å². The number of halogens is 2. The molecular formula is C53H73F2N11O10. The lowest BCUT2D eigenvalue weighted by Crippen LogP contribution is -2.58. The number of anilines is 2. The average molecular weight is 1060 g/mol. The largest absolute Gasteiger partial charge is 0.481 e. The van der Waals surface area contributed by atoms with Crippen LogP contribution >= 0.6 is 0 Å². The first-order valence-electron chi connectivity index (χ1n) is 25.8. The van der Waals surface area contributed by atoms with Gasteiger partial charge in [-0.25, -0.2) is 29.2 Å². The fourth-order valence-corrected chi connectivity index (χ4v) is 9.84. The van der Waals surface area contributed by atoms with E-state index in [1.165, 1.54) is 13.0 Å². The Balaban J connectivity index is 1.05. The number of carbonyl (C=O) groups is 6. The molecule has 5 amide bonds. The van der Waals surface area contributed by atoms with Crippen LogP contribution in [0.3, 0.4) is 0 Å². The third-order valence-corrected chi connectivity index (χ3v) is 14.4. The molecule has 0 aliphatic heterocycles. The molecule has 4 aromatic rings. The van der Waals surface area contributed by atoms with Crippen LogP contribution in [0.25, 0.3) is 22.4 Å². The molecule has 23 heteroatoms. The van der Waals surface area contributed by atoms with Crippen LogP contribution in [0.2, 0.25) is 0 Å². The third kappa shape index (κ3) is 15.3. The molecule has 5 atom stereocenters. The van der Waals surface area contributed by atoms with Crippen molar-refractivity contribution in [3.05, 3.63) is 66.1 Å². The number of nitrogens with zero attached hydrogens (tertiary/aromatic N) is 4. The molecular weight excluding hydrogens is 989 g/mol. The summed E-state index contributed by atoms with van der Waals surface area (Å²) in [6.45, 7) is 13.6. The SMILES string of the molecule is CC(C)[C@H](NC(=O)[C@H](CCC(=O)O)NC(=O)C(C)(C)CCOCCOC(C)(C)CCN)C(=O)N[C@@H](C)C(=O)Nc1ccc(Cn2cc(-c3ncc(F)c(N[C@H]4C5CCC(CC5)[C@@H]4C(=O)NO)n3)c3cc(F)cnc32)cc1. The van der Waals surface area contributed by atoms with Gasteiger partial charge in [-0.1, -0.05) is 39.8 Å². The summed E-state index contributed by atoms with van der Waals surface area (Å²) in [5, 5.41) is 33.2. The maximum atomic E-state index is 15.4. The Morgan fingerprint density at radius 3 is 2.22 bits per heavy atom. The second-order valence-corrected chi connectivity index (χ2v) is 21.4. The molecule has 0 unspecified atom stereocenters. The number of amides is 5. The summed E-state index contributed by atoms with van der Waals surface area (Å²) in [6, 6.07) is 4.09. The minimum atomic E-state index is -1.29. The maximum absolute atomic E-state index is 15.4. The number of aromatic nitrogens is 4. The third-order valence-electron chi connectivity index (χ3n) is 14.4. The molecule has 3 fully saturated rings. The summed E-state index contributed by atoms with van der Waals surface area (Å²) in [5.41, 5.74) is 7.92. The number of hydrogen-bond acceptors (Lipinski definition) is 14. The number of aliphatic carboxylic acids is 1. The summed E-state index contributed by atoms with van der Waals surface area (Å²) in [6.07, 6.45) is 7.40. The number of carboxylic acid groups (broad SMARTS) is 1. The molecule has 0 radical (unpaired) electrons. The van der Waals surface area contributed by atoms with Gasteiger partial charge in [-0.2, -0.15) is 0 Å². The molecule has 414 valence electrons. The number of benzene rings is 1. The molecule has 7 rings (SSSR count). The minimum absolute atomic E-state index is 0.0247. The zero-order valence-electron chi connectivity index (χ0n) is 44.2. The van der Waals surface area contributed by atoms with Crippen molar-refractivity contribution in [2.24, 2.45) is 34.8 Å². The van der Waals surface area contributed by atoms with Gasteiger partial charge >= 0.3 is 5.97 Å². The molecule has 1 aromatic carbocycles. The summed E-state index contributed by atoms with van der Waals surface area (Å²) in [7, 11) is 0. The highest BCUT2D eigenvalue weighted by Crippen LogP contribution is 2.46. The highest BCUT2D eigenvalue weighted by molar-refractivity contribution is 5.99. The van der Waals surface area contributed by atoms with E-state index in [0.29, 0.717) is 48.5 Å². The van der Waals surface area contributed by atoms with E-state index in [9.17, 15) is 43.5 Å². The predicted molar refractivity (Wildman–Crippen MR) is 277 cm³/mol. The van der Waals surface area contributed by atoms with Gasteiger partial charge in [-0.05, 0) is 114 Å². The van der Waals surface area contributed by atoms with Crippen molar-refractivity contribution >= 4 is 58.0 Å². The van der Waals surface area contributed by atoms with Gasteiger partial charge in [0.2, 0.25) is 29.5 Å². The summed E-state index contributed by atoms with van der Waals surface area (Å²) in [5.74, 6) is -6.61. The first kappa shape index (κ1) is 58.6. The number of rotatable bonds is 27. The van der Waals surface area contributed by atoms with E-state index >= 15 is 4.39 Å². The average Bonchev–Trinajstić information content (AvgIpc) is 3.74. The Labute approximate surface area is 440 Å². The van der Waals surface area contributed by atoms with Crippen molar-refractivity contribution in [2.75, 3.05) is 37.0 Å². The zero-order chi connectivity index (χ0) is 55.5. The van der Waals surface area contributed by atoms with Crippen molar-refractivity contribution in [1.29, 1.82) is 0 Å². The van der Waals surface area contributed by atoms with Gasteiger partial charge in [0, 0.05) is 53.9 Å². The highest BCUT2D eigenvalue weighted by atomic mass is 19.1. The number of carbonyl (C=O) groups excluding carboxylic acids is 5. The standard InChI is InChI=1S/C53H73F2N11O10/c1-29(2)42(63-48(70)39(16-17-40(67)68)61-51(73)52(4,5)19-21-75-22-23-76-53(6,7)18-20-56)50(72)59-30(3)47(69)60-35-14-8-31(9-15-35)27-66-28-37(36-24-34(54)25-58-46(36)66)44-57-26-38(55)45(64-44)62-43-33-12-10-32(11-13-33)41(43)49(71)65-74/h8-9,14-15,24-26,28-30,32-33,39,41-43,74H,10-13,16-23,27,56H2,1-7H3,(H,59,72)(H,60,69)(H,61,73)(H,63,70)(H,65,71)(H,67,68)(H,57,62,64)/t30-,32?,33?,39-,41-,42-,43-/m0/s1. The number of ether oxygens (including phenoxy) is 2. The lowest BCUT2D eigenvalue weighted by atomic mass is 9.61. The molecule has 3 aliphatic rings. The molecule has 3 aromatic heterocycles. The molecule has 3 saturated carbocycles. The van der Waals surface area contributed by atoms with Gasteiger partial charge in [0.25, 0.3) is 0 Å². The quantitative estimate of drug-likeness (QED) is 0.0214. The number of hydrogen-bond donors (Lipinski definition) is 9. The Morgan fingerprint density at radius 1 is 0.868 bits per heavy atom. The molecule has 10 N–H and O–H groups in total. The summed E-state index contributed by atoms with van der Waals surface area (Å²) >= 11 is 0. The van der Waals surface area contributed by atoms with Crippen molar-refractivity contribution < 1.29 is 57.3 Å². The van der Waals surface area contributed by atoms with E-state index in [1.807, 2.05) is 13.8 Å². The van der Waals surface area contributed by atoms with Gasteiger partial charge in [0.15, 0.2) is 17.5 Å². The number of nitrogens with one attached hydrogen (secondary N) is 6. The van der Waals surface area contributed by atoms with Crippen molar-refractivity contribution in [3.63, 3.8) is 0 Å². The van der Waals surface area contributed by atoms with E-state index in [4.69, 9.17) is 15.2 Å². The Kier molecular flexibility index (Phi) is 20.0. The van der Waals surface area contributed by atoms with Crippen LogP contribution in [0.4, 0.5) is 20.3 Å². The predicted octanol–water partition coefficient (Wildman–Crippen LogP) is 5.05. The van der Waals surface area contributed by atoms with E-state index in [2.05, 4.69) is 41.5 Å². The Morgan fingerprint density at radius 2 is 1.57 bits per heavy atom. The van der Waals surface area contributed by atoms with Crippen molar-refractivity contribution in [3.8, 4) is 11.4 Å². The van der Waals surface area contributed by atoms with Crippen LogP contribution in [-0.4, -0.2) is 121 Å². The van der Waals surface area contributed by atoms with Gasteiger partial charge < -0.3 is 51.5 Å². The molecule has 2 bridgehead atoms. The Bertz CT molecular complexity index is 2690. The normalized spacial score (nSPS) is 18.6. The maximum Gasteiger partial charge on any atom is 0.303 e. The monoisotopic (exact) mass is 1060 g/mol. The second-order valence-electron chi connectivity index (χ2n) is 21.4. The number of fused-ring (bicyclic) bond motifs is 4. The van der Waals surface area contributed by atoms with Crippen molar-refractivity contribution in [2.45, 2.75) is 136 Å². The van der Waals surface area contributed by atoms with Crippen LogP contribution in [-0.2, 0) is 44.8 Å². The van der Waals surface area contributed by atoms with E-state index in [1.54, 1.807) is 68.2 Å². The van der Waals surface area contributed by atoms with Crippen LogP contribution < -0.4 is 37.8 Å². The Hall–Kier alpha value is -6.69. The number of carboxylic acids is 1. The van der Waals surface area contributed by atoms with E-state index < -0.39 is 101 Å². The van der Waals surface area contributed by atoms with Crippen molar-refractivity contribution in [1.82, 2.24) is 40.9 Å². The fraction of sp³-hybridized carbons (Fsp3) is 0.566. The first-order valence-corrected chi connectivity index (χ1v) is 25.8. The molecule has 21 nitrogen and oxygen atoms in total. The number of hydroxylamine groups is 1.